The molecule has 0 aliphatic heterocycles. The number of hydrogen-bond acceptors (Lipinski definition) is 2. The molecule has 0 aliphatic rings. The topological polar surface area (TPSA) is 17.8 Å². The fraction of sp³-hybridized carbons (Fsp3) is 0.154. The van der Waals surface area contributed by atoms with Gasteiger partial charge in [0.1, 0.15) is 5.82 Å². The molecule has 4 heteroatoms. The predicted octanol–water partition coefficient (Wildman–Crippen LogP) is 4.22. The zero-order chi connectivity index (χ0) is 11.8. The van der Waals surface area contributed by atoms with Gasteiger partial charge in [-0.05, 0) is 47.1 Å². The average Bonchev–Trinajstić information content (AvgIpc) is 2.85. The van der Waals surface area contributed by atoms with Gasteiger partial charge in [-0.15, -0.1) is 11.3 Å². The van der Waals surface area contributed by atoms with Gasteiger partial charge >= 0.3 is 0 Å². The molecule has 3 rings (SSSR count). The maximum Gasteiger partial charge on any atom is 0.107 e. The lowest BCUT2D eigenvalue weighted by Gasteiger charge is -2.04. The van der Waals surface area contributed by atoms with E-state index in [0.29, 0.717) is 0 Å². The number of benzene rings is 1. The summed E-state index contributed by atoms with van der Waals surface area (Å²) in [6, 6.07) is 12.5. The number of aromatic nitrogens is 2. The number of imidazole rings is 1. The van der Waals surface area contributed by atoms with Crippen molar-refractivity contribution in [1.82, 2.24) is 9.55 Å². The van der Waals surface area contributed by atoms with Crippen molar-refractivity contribution in [2.24, 2.45) is 0 Å². The van der Waals surface area contributed by atoms with E-state index in [1.807, 2.05) is 6.07 Å². The van der Waals surface area contributed by atoms with Crippen LogP contribution in [0.15, 0.2) is 40.2 Å². The minimum Gasteiger partial charge on any atom is -0.323 e. The molecule has 0 aliphatic carbocycles. The lowest BCUT2D eigenvalue weighted by Crippen LogP contribution is -1.99. The number of thiophene rings is 1. The monoisotopic (exact) mass is 306 g/mol. The Kier molecular flexibility index (Phi) is 2.76. The standard InChI is InChI=1S/C13H11BrN2S/c1-9-15-11-4-2-3-5-12(11)16(9)8-10-6-7-13(14)17-10/h2-7H,8H2,1H3. The van der Waals surface area contributed by atoms with Gasteiger partial charge in [0.25, 0.3) is 0 Å². The van der Waals surface area contributed by atoms with Crippen molar-refractivity contribution < 1.29 is 0 Å². The van der Waals surface area contributed by atoms with E-state index in [9.17, 15) is 0 Å². The number of halogens is 1. The lowest BCUT2D eigenvalue weighted by atomic mass is 10.3. The number of hydrogen-bond donors (Lipinski definition) is 0. The molecule has 86 valence electrons. The molecule has 17 heavy (non-hydrogen) atoms. The Balaban J connectivity index is 2.08. The smallest absolute Gasteiger partial charge is 0.107 e. The number of para-hydroxylation sites is 2. The zero-order valence-electron chi connectivity index (χ0n) is 9.35. The summed E-state index contributed by atoms with van der Waals surface area (Å²) in [5, 5.41) is 0. The van der Waals surface area contributed by atoms with Crippen LogP contribution in [0, 0.1) is 6.92 Å². The molecule has 0 saturated heterocycles. The molecule has 2 nitrogen and oxygen atoms in total. The minimum atomic E-state index is 0.891. The second-order valence-corrected chi connectivity index (χ2v) is 6.49. The van der Waals surface area contributed by atoms with Gasteiger partial charge in [0.05, 0.1) is 21.4 Å². The van der Waals surface area contributed by atoms with Crippen LogP contribution in [0.4, 0.5) is 0 Å². The molecule has 0 spiro atoms. The highest BCUT2D eigenvalue weighted by Crippen LogP contribution is 2.25. The van der Waals surface area contributed by atoms with Gasteiger partial charge in [-0.3, -0.25) is 0 Å². The Labute approximate surface area is 112 Å². The molecule has 0 unspecified atom stereocenters. The molecule has 0 saturated carbocycles. The van der Waals surface area contributed by atoms with Crippen LogP contribution < -0.4 is 0 Å². The molecule has 3 aromatic rings. The SMILES string of the molecule is Cc1nc2ccccc2n1Cc1ccc(Br)s1. The van der Waals surface area contributed by atoms with Gasteiger partial charge in [-0.25, -0.2) is 4.98 Å². The first-order valence-corrected chi connectivity index (χ1v) is 7.01. The van der Waals surface area contributed by atoms with E-state index in [2.05, 4.69) is 62.7 Å². The molecule has 0 radical (unpaired) electrons. The Morgan fingerprint density at radius 1 is 1.24 bits per heavy atom. The summed E-state index contributed by atoms with van der Waals surface area (Å²) in [6.07, 6.45) is 0. The third-order valence-corrected chi connectivity index (χ3v) is 4.40. The van der Waals surface area contributed by atoms with Crippen LogP contribution in [0.3, 0.4) is 0 Å². The van der Waals surface area contributed by atoms with Crippen molar-refractivity contribution in [3.63, 3.8) is 0 Å². The lowest BCUT2D eigenvalue weighted by molar-refractivity contribution is 0.797. The molecule has 1 aromatic carbocycles. The summed E-state index contributed by atoms with van der Waals surface area (Å²) >= 11 is 5.27. The van der Waals surface area contributed by atoms with Crippen LogP contribution in [-0.2, 0) is 6.54 Å². The highest BCUT2D eigenvalue weighted by Gasteiger charge is 2.07. The number of aryl methyl sites for hydroxylation is 1. The van der Waals surface area contributed by atoms with Crippen LogP contribution in [0.2, 0.25) is 0 Å². The highest BCUT2D eigenvalue weighted by molar-refractivity contribution is 9.11. The zero-order valence-corrected chi connectivity index (χ0v) is 11.8. The van der Waals surface area contributed by atoms with Crippen LogP contribution >= 0.6 is 27.3 Å². The van der Waals surface area contributed by atoms with Crippen LogP contribution in [0.25, 0.3) is 11.0 Å². The van der Waals surface area contributed by atoms with Gasteiger partial charge in [0.15, 0.2) is 0 Å². The van der Waals surface area contributed by atoms with Crippen molar-refractivity contribution >= 4 is 38.3 Å². The van der Waals surface area contributed by atoms with Crippen molar-refractivity contribution in [3.05, 3.63) is 50.9 Å². The summed E-state index contributed by atoms with van der Waals surface area (Å²) in [7, 11) is 0. The van der Waals surface area contributed by atoms with Crippen LogP contribution in [0.1, 0.15) is 10.7 Å². The van der Waals surface area contributed by atoms with Crippen molar-refractivity contribution in [3.8, 4) is 0 Å². The van der Waals surface area contributed by atoms with Crippen LogP contribution in [-0.4, -0.2) is 9.55 Å². The maximum absolute atomic E-state index is 4.57. The molecule has 2 aromatic heterocycles. The Bertz CT molecular complexity index is 669. The van der Waals surface area contributed by atoms with E-state index in [0.717, 1.165) is 17.9 Å². The van der Waals surface area contributed by atoms with E-state index in [1.54, 1.807) is 11.3 Å². The number of fused-ring (bicyclic) bond motifs is 1. The van der Waals surface area contributed by atoms with Gasteiger partial charge in [0.2, 0.25) is 0 Å². The molecular formula is C13H11BrN2S. The van der Waals surface area contributed by atoms with E-state index in [1.165, 1.54) is 14.2 Å². The number of rotatable bonds is 2. The Hall–Kier alpha value is -1.13. The minimum absolute atomic E-state index is 0.891. The second-order valence-electron chi connectivity index (χ2n) is 3.94. The summed E-state index contributed by atoms with van der Waals surface area (Å²) in [5.74, 6) is 1.07. The average molecular weight is 307 g/mol. The van der Waals surface area contributed by atoms with E-state index >= 15 is 0 Å². The predicted molar refractivity (Wildman–Crippen MR) is 75.6 cm³/mol. The molecule has 0 amide bonds. The van der Waals surface area contributed by atoms with Crippen molar-refractivity contribution in [2.45, 2.75) is 13.5 Å². The first-order chi connectivity index (χ1) is 8.24. The summed E-state index contributed by atoms with van der Waals surface area (Å²) in [6.45, 7) is 2.95. The third-order valence-electron chi connectivity index (χ3n) is 2.79. The van der Waals surface area contributed by atoms with Crippen molar-refractivity contribution in [1.29, 1.82) is 0 Å². The van der Waals surface area contributed by atoms with Crippen molar-refractivity contribution in [2.75, 3.05) is 0 Å². The summed E-state index contributed by atoms with van der Waals surface area (Å²) < 4.78 is 3.43. The first-order valence-electron chi connectivity index (χ1n) is 5.40. The first kappa shape index (κ1) is 11.0. The highest BCUT2D eigenvalue weighted by atomic mass is 79.9. The number of nitrogens with zero attached hydrogens (tertiary/aromatic N) is 2. The molecule has 0 N–H and O–H groups in total. The van der Waals surface area contributed by atoms with E-state index in [-0.39, 0.29) is 0 Å². The molecule has 0 bridgehead atoms. The third kappa shape index (κ3) is 2.03. The maximum atomic E-state index is 4.57. The normalized spacial score (nSPS) is 11.2. The second kappa shape index (κ2) is 4.27. The van der Waals surface area contributed by atoms with Crippen LogP contribution in [0.5, 0.6) is 0 Å². The largest absolute Gasteiger partial charge is 0.323 e. The fourth-order valence-electron chi connectivity index (χ4n) is 1.99. The Morgan fingerprint density at radius 3 is 2.82 bits per heavy atom. The molecule has 0 fully saturated rings. The molecular weight excluding hydrogens is 296 g/mol. The molecule has 2 heterocycles. The van der Waals surface area contributed by atoms with Gasteiger partial charge < -0.3 is 4.57 Å². The van der Waals surface area contributed by atoms with Gasteiger partial charge in [0, 0.05) is 4.88 Å². The fourth-order valence-corrected chi connectivity index (χ4v) is 3.46. The van der Waals surface area contributed by atoms with Gasteiger partial charge in [-0.2, -0.15) is 0 Å². The molecule has 0 atom stereocenters. The Morgan fingerprint density at radius 2 is 2.06 bits per heavy atom. The quantitative estimate of drug-likeness (QED) is 0.693. The van der Waals surface area contributed by atoms with Gasteiger partial charge in [-0.1, -0.05) is 12.1 Å². The summed E-state index contributed by atoms with van der Waals surface area (Å²) in [4.78, 5) is 5.91. The van der Waals surface area contributed by atoms with E-state index in [4.69, 9.17) is 0 Å². The van der Waals surface area contributed by atoms with E-state index < -0.39 is 0 Å². The summed E-state index contributed by atoms with van der Waals surface area (Å²) in [5.41, 5.74) is 2.27.